The van der Waals surface area contributed by atoms with Gasteiger partial charge in [-0.3, -0.25) is 0 Å². The molecule has 0 fully saturated rings. The molecule has 29 heavy (non-hydrogen) atoms. The number of anilines is 1. The van der Waals surface area contributed by atoms with Gasteiger partial charge in [-0.2, -0.15) is 0 Å². The summed E-state index contributed by atoms with van der Waals surface area (Å²) >= 11 is 7.43. The van der Waals surface area contributed by atoms with E-state index in [0.717, 1.165) is 13.0 Å². The molecule has 0 saturated carbocycles. The van der Waals surface area contributed by atoms with Crippen molar-refractivity contribution in [2.75, 3.05) is 18.5 Å². The fourth-order valence-corrected chi connectivity index (χ4v) is 6.82. The van der Waals surface area contributed by atoms with E-state index in [2.05, 4.69) is 47.4 Å². The summed E-state index contributed by atoms with van der Waals surface area (Å²) < 4.78 is 4.03. The Labute approximate surface area is 194 Å². The highest BCUT2D eigenvalue weighted by molar-refractivity contribution is 9.10. The Hall–Kier alpha value is -0.100. The van der Waals surface area contributed by atoms with Gasteiger partial charge in [-0.15, -0.1) is 22.7 Å². The summed E-state index contributed by atoms with van der Waals surface area (Å²) in [5, 5.41) is 16.7. The van der Waals surface area contributed by atoms with Crippen molar-refractivity contribution in [1.29, 1.82) is 0 Å². The molecule has 2 aromatic heterocycles. The van der Waals surface area contributed by atoms with Crippen molar-refractivity contribution in [3.05, 3.63) is 15.4 Å². The molecule has 0 amide bonds. The number of thiophene rings is 2. The molecule has 0 atom stereocenters. The molecule has 0 saturated heterocycles. The minimum atomic E-state index is -0.0948. The second-order valence-electron chi connectivity index (χ2n) is 9.11. The van der Waals surface area contributed by atoms with Gasteiger partial charge >= 0.3 is 0 Å². The van der Waals surface area contributed by atoms with E-state index in [1.807, 2.05) is 22.7 Å². The third-order valence-corrected chi connectivity index (χ3v) is 9.22. The Bertz CT molecular complexity index is 707. The van der Waals surface area contributed by atoms with Crippen LogP contribution in [0.2, 0.25) is 0 Å². The van der Waals surface area contributed by atoms with Gasteiger partial charge in [0.05, 0.1) is 14.4 Å². The summed E-state index contributed by atoms with van der Waals surface area (Å²) in [5.74, 6) is 0. The first-order valence-electron chi connectivity index (χ1n) is 11.5. The zero-order valence-electron chi connectivity index (χ0n) is 18.6. The quantitative estimate of drug-likeness (QED) is 0.225. The number of hydrogen-bond donors (Lipinski definition) is 2. The molecule has 0 aliphatic rings. The SMILES string of the molecule is CCCCCCCCCCCCCc1c(NCC(C)(C)CO)sc2c(Br)csc12. The van der Waals surface area contributed by atoms with Gasteiger partial charge in [0, 0.05) is 34.0 Å². The number of unbranched alkanes of at least 4 members (excludes halogenated alkanes) is 10. The van der Waals surface area contributed by atoms with Crippen molar-refractivity contribution in [2.24, 2.45) is 5.41 Å². The molecule has 2 aromatic rings. The lowest BCUT2D eigenvalue weighted by Crippen LogP contribution is -2.26. The number of hydrogen-bond acceptors (Lipinski definition) is 4. The standard InChI is InChI=1S/C24H40BrNOS2/c1-4-5-6-7-8-9-10-11-12-13-14-15-19-21-22(20(25)16-28-21)29-23(19)26-17-24(2,3)18-27/h16,26-27H,4-15,17-18H2,1-3H3. The Kier molecular flexibility index (Phi) is 11.6. The second kappa shape index (κ2) is 13.3. The summed E-state index contributed by atoms with van der Waals surface area (Å²) in [7, 11) is 0. The molecule has 0 aliphatic carbocycles. The van der Waals surface area contributed by atoms with Crippen molar-refractivity contribution < 1.29 is 5.11 Å². The lowest BCUT2D eigenvalue weighted by molar-refractivity contribution is 0.171. The fraction of sp³-hybridized carbons (Fsp3) is 0.750. The molecule has 0 spiro atoms. The Morgan fingerprint density at radius 2 is 1.52 bits per heavy atom. The third kappa shape index (κ3) is 8.51. The van der Waals surface area contributed by atoms with E-state index in [9.17, 15) is 5.11 Å². The third-order valence-electron chi connectivity index (χ3n) is 5.64. The monoisotopic (exact) mass is 501 g/mol. The van der Waals surface area contributed by atoms with Crippen LogP contribution < -0.4 is 5.32 Å². The first-order valence-corrected chi connectivity index (χ1v) is 14.0. The topological polar surface area (TPSA) is 32.3 Å². The van der Waals surface area contributed by atoms with Crippen LogP contribution in [0.3, 0.4) is 0 Å². The van der Waals surface area contributed by atoms with Gasteiger partial charge in [0.2, 0.25) is 0 Å². The van der Waals surface area contributed by atoms with Crippen LogP contribution in [0.5, 0.6) is 0 Å². The number of aliphatic hydroxyl groups is 1. The zero-order valence-corrected chi connectivity index (χ0v) is 21.8. The van der Waals surface area contributed by atoms with Crippen LogP contribution in [0.25, 0.3) is 9.40 Å². The van der Waals surface area contributed by atoms with Crippen molar-refractivity contribution in [3.8, 4) is 0 Å². The number of aryl methyl sites for hydroxylation is 1. The van der Waals surface area contributed by atoms with E-state index in [-0.39, 0.29) is 12.0 Å². The number of fused-ring (bicyclic) bond motifs is 1. The number of aliphatic hydroxyl groups excluding tert-OH is 1. The predicted octanol–water partition coefficient (Wildman–Crippen LogP) is 9.01. The van der Waals surface area contributed by atoms with Gasteiger partial charge in [0.15, 0.2) is 0 Å². The van der Waals surface area contributed by atoms with E-state index in [0.29, 0.717) is 0 Å². The van der Waals surface area contributed by atoms with Crippen molar-refractivity contribution in [1.82, 2.24) is 0 Å². The molecule has 2 heterocycles. The lowest BCUT2D eigenvalue weighted by Gasteiger charge is -2.22. The molecule has 166 valence electrons. The van der Waals surface area contributed by atoms with Crippen molar-refractivity contribution >= 4 is 53.0 Å². The Morgan fingerprint density at radius 1 is 0.931 bits per heavy atom. The average molecular weight is 503 g/mol. The Morgan fingerprint density at radius 3 is 2.10 bits per heavy atom. The van der Waals surface area contributed by atoms with Crippen LogP contribution in [0.15, 0.2) is 9.85 Å². The molecule has 0 aromatic carbocycles. The van der Waals surface area contributed by atoms with E-state index in [4.69, 9.17) is 0 Å². The highest BCUT2D eigenvalue weighted by Crippen LogP contribution is 2.44. The normalized spacial score (nSPS) is 12.2. The summed E-state index contributed by atoms with van der Waals surface area (Å²) in [6, 6.07) is 0. The molecule has 2 nitrogen and oxygen atoms in total. The van der Waals surface area contributed by atoms with Gasteiger partial charge in [-0.1, -0.05) is 85.0 Å². The summed E-state index contributed by atoms with van der Waals surface area (Å²) in [6.07, 6.45) is 16.4. The van der Waals surface area contributed by atoms with E-state index >= 15 is 0 Å². The van der Waals surface area contributed by atoms with Gasteiger partial charge in [0.1, 0.15) is 0 Å². The highest BCUT2D eigenvalue weighted by Gasteiger charge is 2.20. The maximum atomic E-state index is 9.56. The van der Waals surface area contributed by atoms with Crippen LogP contribution in [0, 0.1) is 5.41 Å². The van der Waals surface area contributed by atoms with E-state index < -0.39 is 0 Å². The van der Waals surface area contributed by atoms with Gasteiger partial charge < -0.3 is 10.4 Å². The number of halogens is 1. The lowest BCUT2D eigenvalue weighted by atomic mass is 9.95. The molecule has 0 aliphatic heterocycles. The van der Waals surface area contributed by atoms with E-state index in [1.54, 1.807) is 0 Å². The zero-order chi connectivity index (χ0) is 21.1. The first kappa shape index (κ1) is 25.2. The number of nitrogens with one attached hydrogen (secondary N) is 1. The number of rotatable bonds is 16. The molecular weight excluding hydrogens is 462 g/mol. The predicted molar refractivity (Wildman–Crippen MR) is 137 cm³/mol. The van der Waals surface area contributed by atoms with Crippen LogP contribution >= 0.6 is 38.6 Å². The van der Waals surface area contributed by atoms with Gasteiger partial charge in [-0.25, -0.2) is 0 Å². The van der Waals surface area contributed by atoms with Crippen LogP contribution in [-0.2, 0) is 6.42 Å². The smallest absolute Gasteiger partial charge is 0.0936 e. The average Bonchev–Trinajstić information content (AvgIpc) is 3.24. The van der Waals surface area contributed by atoms with Crippen LogP contribution in [0.4, 0.5) is 5.00 Å². The van der Waals surface area contributed by atoms with Crippen LogP contribution in [0.1, 0.15) is 97.0 Å². The Balaban J connectivity index is 1.75. The molecule has 0 unspecified atom stereocenters. The molecule has 0 radical (unpaired) electrons. The first-order chi connectivity index (χ1) is 14.0. The highest BCUT2D eigenvalue weighted by atomic mass is 79.9. The van der Waals surface area contributed by atoms with Crippen molar-refractivity contribution in [2.45, 2.75) is 97.8 Å². The molecule has 2 N–H and O–H groups in total. The minimum absolute atomic E-state index is 0.0948. The molecule has 2 rings (SSSR count). The minimum Gasteiger partial charge on any atom is -0.396 e. The van der Waals surface area contributed by atoms with Crippen molar-refractivity contribution in [3.63, 3.8) is 0 Å². The molecular formula is C24H40BrNOS2. The summed E-state index contributed by atoms with van der Waals surface area (Å²) in [5.41, 5.74) is 1.40. The maximum Gasteiger partial charge on any atom is 0.0936 e. The maximum absolute atomic E-state index is 9.56. The van der Waals surface area contributed by atoms with Gasteiger partial charge in [0.25, 0.3) is 0 Å². The fourth-order valence-electron chi connectivity index (χ4n) is 3.61. The largest absolute Gasteiger partial charge is 0.396 e. The van der Waals surface area contributed by atoms with Gasteiger partial charge in [-0.05, 0) is 28.8 Å². The summed E-state index contributed by atoms with van der Waals surface area (Å²) in [6.45, 7) is 7.51. The summed E-state index contributed by atoms with van der Waals surface area (Å²) in [4.78, 5) is 0. The van der Waals surface area contributed by atoms with Crippen LogP contribution in [-0.4, -0.2) is 18.3 Å². The second-order valence-corrected chi connectivity index (χ2v) is 11.9. The van der Waals surface area contributed by atoms with E-state index in [1.165, 1.54) is 95.1 Å². The molecule has 0 bridgehead atoms. The molecule has 5 heteroatoms.